The molecule has 1 rings (SSSR count). The molecule has 0 aliphatic carbocycles. The number of aromatic nitrogens is 1. The summed E-state index contributed by atoms with van der Waals surface area (Å²) in [5.74, 6) is -0.779. The lowest BCUT2D eigenvalue weighted by Crippen LogP contribution is -2.13. The molecule has 0 bridgehead atoms. The summed E-state index contributed by atoms with van der Waals surface area (Å²) in [6.45, 7) is 3.68. The van der Waals surface area contributed by atoms with Crippen LogP contribution < -0.4 is 5.30 Å². The van der Waals surface area contributed by atoms with E-state index in [2.05, 4.69) is 4.98 Å². The van der Waals surface area contributed by atoms with Gasteiger partial charge in [-0.2, -0.15) is 4.39 Å². The van der Waals surface area contributed by atoms with E-state index in [0.717, 1.165) is 12.3 Å². The van der Waals surface area contributed by atoms with Gasteiger partial charge in [0, 0.05) is 12.3 Å². The number of rotatable bonds is 5. The van der Waals surface area contributed by atoms with Gasteiger partial charge in [0.2, 0.25) is 5.95 Å². The van der Waals surface area contributed by atoms with Gasteiger partial charge >= 0.3 is 7.60 Å². The van der Waals surface area contributed by atoms with Gasteiger partial charge in [0.05, 0.1) is 23.5 Å². The van der Waals surface area contributed by atoms with Gasteiger partial charge in [-0.15, -0.1) is 0 Å². The molecule has 1 aromatic rings. The molecule has 4 nitrogen and oxygen atoms in total. The Morgan fingerprint density at radius 2 is 2.00 bits per heavy atom. The van der Waals surface area contributed by atoms with Crippen molar-refractivity contribution in [2.75, 3.05) is 13.2 Å². The summed E-state index contributed by atoms with van der Waals surface area (Å²) in [6, 6.07) is 0.967. The Bertz CT molecular complexity index is 406. The van der Waals surface area contributed by atoms with Gasteiger partial charge in [-0.05, 0) is 13.8 Å². The van der Waals surface area contributed by atoms with Crippen molar-refractivity contribution in [3.63, 3.8) is 0 Å². The van der Waals surface area contributed by atoms with Gasteiger partial charge in [-0.3, -0.25) is 4.57 Å². The molecule has 0 amide bonds. The second kappa shape index (κ2) is 5.73. The highest BCUT2D eigenvalue weighted by atomic mass is 35.5. The molecule has 0 unspecified atom stereocenters. The van der Waals surface area contributed by atoms with Crippen LogP contribution in [0.3, 0.4) is 0 Å². The molecule has 1 aromatic heterocycles. The van der Waals surface area contributed by atoms with Crippen LogP contribution in [0.4, 0.5) is 4.39 Å². The van der Waals surface area contributed by atoms with Crippen LogP contribution in [-0.4, -0.2) is 18.2 Å². The number of halogens is 2. The van der Waals surface area contributed by atoms with E-state index >= 15 is 0 Å². The Morgan fingerprint density at radius 1 is 1.44 bits per heavy atom. The second-order valence-electron chi connectivity index (χ2n) is 2.79. The minimum Gasteiger partial charge on any atom is -0.305 e. The van der Waals surface area contributed by atoms with E-state index in [1.165, 1.54) is 0 Å². The van der Waals surface area contributed by atoms with Gasteiger partial charge in [0.25, 0.3) is 0 Å². The molecule has 0 aliphatic rings. The van der Waals surface area contributed by atoms with Crippen LogP contribution in [0.1, 0.15) is 13.8 Å². The van der Waals surface area contributed by atoms with E-state index < -0.39 is 13.5 Å². The van der Waals surface area contributed by atoms with Crippen molar-refractivity contribution in [3.8, 4) is 0 Å². The first-order valence-electron chi connectivity index (χ1n) is 4.74. The fourth-order valence-electron chi connectivity index (χ4n) is 1.13. The topological polar surface area (TPSA) is 48.4 Å². The Morgan fingerprint density at radius 3 is 2.50 bits per heavy atom. The van der Waals surface area contributed by atoms with Crippen LogP contribution in [0.25, 0.3) is 0 Å². The molecule has 0 spiro atoms. The van der Waals surface area contributed by atoms with Gasteiger partial charge in [0.1, 0.15) is 0 Å². The molecular weight excluding hydrogens is 256 g/mol. The first-order chi connectivity index (χ1) is 7.53. The largest absolute Gasteiger partial charge is 0.363 e. The van der Waals surface area contributed by atoms with Crippen LogP contribution in [0.15, 0.2) is 12.3 Å². The summed E-state index contributed by atoms with van der Waals surface area (Å²) in [6.07, 6.45) is 1.08. The molecule has 0 aliphatic heterocycles. The van der Waals surface area contributed by atoms with Gasteiger partial charge in [-0.25, -0.2) is 4.98 Å². The third-order valence-corrected chi connectivity index (χ3v) is 4.28. The molecule has 7 heteroatoms. The maximum Gasteiger partial charge on any atom is 0.363 e. The molecule has 0 saturated heterocycles. The number of nitrogens with zero attached hydrogens (tertiary/aromatic N) is 1. The fourth-order valence-corrected chi connectivity index (χ4v) is 3.16. The summed E-state index contributed by atoms with van der Waals surface area (Å²) in [4.78, 5) is 3.34. The van der Waals surface area contributed by atoms with Gasteiger partial charge in [-0.1, -0.05) is 11.6 Å². The Hall–Kier alpha value is -0.480. The van der Waals surface area contributed by atoms with Gasteiger partial charge in [0.15, 0.2) is 0 Å². The predicted octanol–water partition coefficient (Wildman–Crippen LogP) is 2.77. The van der Waals surface area contributed by atoms with E-state index in [9.17, 15) is 8.96 Å². The highest BCUT2D eigenvalue weighted by molar-refractivity contribution is 7.62. The zero-order valence-corrected chi connectivity index (χ0v) is 10.6. The van der Waals surface area contributed by atoms with Crippen LogP contribution in [0.5, 0.6) is 0 Å². The molecule has 90 valence electrons. The highest BCUT2D eigenvalue weighted by Gasteiger charge is 2.30. The van der Waals surface area contributed by atoms with E-state index in [0.29, 0.717) is 0 Å². The standard InChI is InChI=1S/C9H12ClFNO3P/c1-3-14-16(13,15-4-2)8-5-9(11)12-6-7(8)10/h5-6H,3-4H2,1-2H3. The maximum atomic E-state index is 13.0. The fraction of sp³-hybridized carbons (Fsp3) is 0.444. The zero-order valence-electron chi connectivity index (χ0n) is 8.94. The van der Waals surface area contributed by atoms with E-state index in [1.807, 2.05) is 0 Å². The molecular formula is C9H12ClFNO3P. The van der Waals surface area contributed by atoms with Crippen molar-refractivity contribution in [2.24, 2.45) is 0 Å². The zero-order chi connectivity index (χ0) is 12.2. The lowest BCUT2D eigenvalue weighted by Gasteiger charge is -2.17. The summed E-state index contributed by atoms with van der Waals surface area (Å²) < 4.78 is 35.3. The normalized spacial score (nSPS) is 11.8. The van der Waals surface area contributed by atoms with Crippen molar-refractivity contribution in [1.29, 1.82) is 0 Å². The summed E-state index contributed by atoms with van der Waals surface area (Å²) in [7, 11) is -3.55. The number of hydrogen-bond acceptors (Lipinski definition) is 4. The lowest BCUT2D eigenvalue weighted by molar-refractivity contribution is 0.230. The molecule has 0 fully saturated rings. The third kappa shape index (κ3) is 3.01. The minimum absolute atomic E-state index is 0.00497. The molecule has 0 atom stereocenters. The monoisotopic (exact) mass is 267 g/mol. The van der Waals surface area contributed by atoms with Crippen molar-refractivity contribution in [2.45, 2.75) is 13.8 Å². The molecule has 0 aromatic carbocycles. The predicted molar refractivity (Wildman–Crippen MR) is 59.7 cm³/mol. The quantitative estimate of drug-likeness (QED) is 0.608. The van der Waals surface area contributed by atoms with Crippen LogP contribution in [-0.2, 0) is 13.6 Å². The number of hydrogen-bond donors (Lipinski definition) is 0. The summed E-state index contributed by atoms with van der Waals surface area (Å²) >= 11 is 5.79. The SMILES string of the molecule is CCOP(=O)(OCC)c1cc(F)ncc1Cl. The average molecular weight is 268 g/mol. The molecule has 1 heterocycles. The van der Waals surface area contributed by atoms with E-state index in [1.54, 1.807) is 13.8 Å². The smallest absolute Gasteiger partial charge is 0.305 e. The molecule has 0 saturated carbocycles. The van der Waals surface area contributed by atoms with Gasteiger partial charge < -0.3 is 9.05 Å². The number of pyridine rings is 1. The van der Waals surface area contributed by atoms with Crippen molar-refractivity contribution < 1.29 is 18.0 Å². The Labute approximate surface area is 98.3 Å². The van der Waals surface area contributed by atoms with Crippen LogP contribution in [0, 0.1) is 5.95 Å². The Balaban J connectivity index is 3.20. The third-order valence-electron chi connectivity index (χ3n) is 1.69. The van der Waals surface area contributed by atoms with Crippen LogP contribution in [0.2, 0.25) is 5.02 Å². The molecule has 16 heavy (non-hydrogen) atoms. The molecule has 0 radical (unpaired) electrons. The summed E-state index contributed by atoms with van der Waals surface area (Å²) in [5.41, 5.74) is 0. The summed E-state index contributed by atoms with van der Waals surface area (Å²) in [5, 5.41) is 0.0667. The van der Waals surface area contributed by atoms with Crippen molar-refractivity contribution in [3.05, 3.63) is 23.2 Å². The van der Waals surface area contributed by atoms with E-state index in [-0.39, 0.29) is 23.5 Å². The Kier molecular flexibility index (Phi) is 4.87. The average Bonchev–Trinajstić information content (AvgIpc) is 2.22. The maximum absolute atomic E-state index is 13.0. The minimum atomic E-state index is -3.55. The van der Waals surface area contributed by atoms with Crippen molar-refractivity contribution >= 4 is 24.5 Å². The second-order valence-corrected chi connectivity index (χ2v) is 5.19. The van der Waals surface area contributed by atoms with Crippen molar-refractivity contribution in [1.82, 2.24) is 4.98 Å². The first kappa shape index (κ1) is 13.6. The van der Waals surface area contributed by atoms with E-state index in [4.69, 9.17) is 20.6 Å². The van der Waals surface area contributed by atoms with Crippen LogP contribution >= 0.6 is 19.2 Å². The molecule has 0 N–H and O–H groups in total. The first-order valence-corrected chi connectivity index (χ1v) is 6.66. The highest BCUT2D eigenvalue weighted by Crippen LogP contribution is 2.48. The lowest BCUT2D eigenvalue weighted by atomic mass is 10.5.